The molecule has 0 aromatic rings. The maximum absolute atomic E-state index is 13.3. The largest absolute Gasteiger partial charge is 0.444 e. The Labute approximate surface area is 103 Å². The van der Waals surface area contributed by atoms with Crippen molar-refractivity contribution in [1.29, 1.82) is 0 Å². The maximum atomic E-state index is 13.3. The van der Waals surface area contributed by atoms with Gasteiger partial charge in [0.1, 0.15) is 11.3 Å². The molecule has 0 aliphatic heterocycles. The molecule has 0 heterocycles. The van der Waals surface area contributed by atoms with E-state index in [2.05, 4.69) is 5.32 Å². The predicted molar refractivity (Wildman–Crippen MR) is 64.7 cm³/mol. The molecule has 5 heteroatoms. The van der Waals surface area contributed by atoms with Gasteiger partial charge < -0.3 is 15.2 Å². The van der Waals surface area contributed by atoms with Crippen molar-refractivity contribution in [2.75, 3.05) is 6.61 Å². The van der Waals surface area contributed by atoms with Gasteiger partial charge in [0.15, 0.2) is 0 Å². The number of aliphatic hydroxyl groups excluding tert-OH is 1. The number of alkyl halides is 1. The molecule has 0 saturated carbocycles. The highest BCUT2D eigenvalue weighted by Gasteiger charge is 2.22. The first-order valence-corrected chi connectivity index (χ1v) is 5.83. The smallest absolute Gasteiger partial charge is 0.407 e. The summed E-state index contributed by atoms with van der Waals surface area (Å²) in [5.41, 5.74) is -1.88. The first-order valence-electron chi connectivity index (χ1n) is 5.83. The van der Waals surface area contributed by atoms with Crippen LogP contribution in [-0.4, -0.2) is 35.1 Å². The fraction of sp³-hybridized carbons (Fsp3) is 0.917. The normalized spacial score (nSPS) is 14.3. The summed E-state index contributed by atoms with van der Waals surface area (Å²) in [5, 5.41) is 11.6. The standard InChI is InChI=1S/C12H24FNO3/c1-11(2,3)17-10(16)14-9(8-15)6-7-12(4,5)13/h9,15H,6-8H2,1-5H3,(H,14,16). The minimum Gasteiger partial charge on any atom is -0.444 e. The molecule has 1 atom stereocenters. The van der Waals surface area contributed by atoms with Crippen molar-refractivity contribution in [3.05, 3.63) is 0 Å². The van der Waals surface area contributed by atoms with Gasteiger partial charge in [-0.05, 0) is 47.5 Å². The van der Waals surface area contributed by atoms with E-state index in [4.69, 9.17) is 9.84 Å². The summed E-state index contributed by atoms with van der Waals surface area (Å²) in [7, 11) is 0. The van der Waals surface area contributed by atoms with E-state index in [9.17, 15) is 9.18 Å². The summed E-state index contributed by atoms with van der Waals surface area (Å²) in [6.07, 6.45) is 0.0565. The molecule has 2 N–H and O–H groups in total. The second kappa shape index (κ2) is 6.19. The molecular weight excluding hydrogens is 225 g/mol. The van der Waals surface area contributed by atoms with Crippen LogP contribution in [0.5, 0.6) is 0 Å². The van der Waals surface area contributed by atoms with Crippen molar-refractivity contribution in [2.24, 2.45) is 0 Å². The number of alkyl carbamates (subject to hydrolysis) is 1. The van der Waals surface area contributed by atoms with E-state index in [0.29, 0.717) is 6.42 Å². The third-order valence-corrected chi connectivity index (χ3v) is 2.03. The Balaban J connectivity index is 4.09. The summed E-state index contributed by atoms with van der Waals surface area (Å²) >= 11 is 0. The molecule has 4 nitrogen and oxygen atoms in total. The van der Waals surface area contributed by atoms with Gasteiger partial charge in [-0.2, -0.15) is 0 Å². The summed E-state index contributed by atoms with van der Waals surface area (Å²) in [6.45, 7) is 7.97. The number of carbonyl (C=O) groups excluding carboxylic acids is 1. The third kappa shape index (κ3) is 10.1. The quantitative estimate of drug-likeness (QED) is 0.786. The SMILES string of the molecule is CC(C)(F)CCC(CO)NC(=O)OC(C)(C)C. The van der Waals surface area contributed by atoms with Crippen LogP contribution >= 0.6 is 0 Å². The van der Waals surface area contributed by atoms with Gasteiger partial charge >= 0.3 is 6.09 Å². The number of hydrogen-bond acceptors (Lipinski definition) is 3. The van der Waals surface area contributed by atoms with E-state index < -0.39 is 23.4 Å². The van der Waals surface area contributed by atoms with Gasteiger partial charge in [-0.15, -0.1) is 0 Å². The van der Waals surface area contributed by atoms with Crippen LogP contribution in [-0.2, 0) is 4.74 Å². The molecule has 1 amide bonds. The number of carbonyl (C=O) groups is 1. The summed E-state index contributed by atoms with van der Waals surface area (Å²) in [6, 6.07) is -0.472. The zero-order valence-corrected chi connectivity index (χ0v) is 11.3. The van der Waals surface area contributed by atoms with Crippen LogP contribution in [0.2, 0.25) is 0 Å². The average molecular weight is 249 g/mol. The number of ether oxygens (including phenoxy) is 1. The maximum Gasteiger partial charge on any atom is 0.407 e. The molecule has 0 aliphatic carbocycles. The lowest BCUT2D eigenvalue weighted by atomic mass is 10.0. The van der Waals surface area contributed by atoms with Crippen molar-refractivity contribution in [2.45, 2.75) is 64.8 Å². The first-order chi connectivity index (χ1) is 7.53. The first kappa shape index (κ1) is 16.2. The molecule has 0 rings (SSSR count). The van der Waals surface area contributed by atoms with Crippen molar-refractivity contribution in [1.82, 2.24) is 5.32 Å². The monoisotopic (exact) mass is 249 g/mol. The Bertz CT molecular complexity index is 243. The minimum atomic E-state index is -1.30. The summed E-state index contributed by atoms with van der Waals surface area (Å²) in [5.74, 6) is 0. The van der Waals surface area contributed by atoms with Gasteiger partial charge in [-0.1, -0.05) is 0 Å². The van der Waals surface area contributed by atoms with Crippen molar-refractivity contribution < 1.29 is 19.0 Å². The van der Waals surface area contributed by atoms with E-state index >= 15 is 0 Å². The number of hydrogen-bond donors (Lipinski definition) is 2. The van der Waals surface area contributed by atoms with Gasteiger partial charge in [0.2, 0.25) is 0 Å². The molecule has 0 bridgehead atoms. The zero-order valence-electron chi connectivity index (χ0n) is 11.3. The lowest BCUT2D eigenvalue weighted by Gasteiger charge is -2.24. The molecule has 102 valence electrons. The Morgan fingerprint density at radius 3 is 2.24 bits per heavy atom. The summed E-state index contributed by atoms with van der Waals surface area (Å²) < 4.78 is 18.3. The number of amides is 1. The highest BCUT2D eigenvalue weighted by Crippen LogP contribution is 2.17. The van der Waals surface area contributed by atoms with Gasteiger partial charge in [0.25, 0.3) is 0 Å². The van der Waals surface area contributed by atoms with Crippen LogP contribution in [0.1, 0.15) is 47.5 Å². The molecule has 0 aromatic heterocycles. The van der Waals surface area contributed by atoms with E-state index in [1.807, 2.05) is 0 Å². The average Bonchev–Trinajstić information content (AvgIpc) is 2.07. The van der Waals surface area contributed by atoms with Crippen LogP contribution in [0.4, 0.5) is 9.18 Å². The van der Waals surface area contributed by atoms with Crippen LogP contribution < -0.4 is 5.32 Å². The Kier molecular flexibility index (Phi) is 5.88. The Hall–Kier alpha value is -0.840. The molecule has 0 radical (unpaired) electrons. The van der Waals surface area contributed by atoms with Crippen molar-refractivity contribution >= 4 is 6.09 Å². The van der Waals surface area contributed by atoms with E-state index in [-0.39, 0.29) is 13.0 Å². The highest BCUT2D eigenvalue weighted by molar-refractivity contribution is 5.68. The number of nitrogens with one attached hydrogen (secondary N) is 1. The Morgan fingerprint density at radius 2 is 1.88 bits per heavy atom. The third-order valence-electron chi connectivity index (χ3n) is 2.03. The van der Waals surface area contributed by atoms with Gasteiger partial charge in [-0.25, -0.2) is 9.18 Å². The molecule has 17 heavy (non-hydrogen) atoms. The molecule has 0 fully saturated rings. The van der Waals surface area contributed by atoms with Gasteiger partial charge in [0, 0.05) is 0 Å². The van der Waals surface area contributed by atoms with Gasteiger partial charge in [-0.3, -0.25) is 0 Å². The highest BCUT2D eigenvalue weighted by atomic mass is 19.1. The number of halogens is 1. The number of rotatable bonds is 5. The van der Waals surface area contributed by atoms with Crippen molar-refractivity contribution in [3.8, 4) is 0 Å². The predicted octanol–water partition coefficient (Wildman–Crippen LogP) is 2.40. The van der Waals surface area contributed by atoms with Crippen LogP contribution in [0, 0.1) is 0 Å². The molecule has 1 unspecified atom stereocenters. The Morgan fingerprint density at radius 1 is 1.35 bits per heavy atom. The molecule has 0 saturated heterocycles. The molecule has 0 aromatic carbocycles. The number of aliphatic hydroxyl groups is 1. The minimum absolute atomic E-state index is 0.227. The molecule has 0 spiro atoms. The fourth-order valence-electron chi connectivity index (χ4n) is 1.20. The van der Waals surface area contributed by atoms with E-state index in [1.165, 1.54) is 13.8 Å². The lowest BCUT2D eigenvalue weighted by molar-refractivity contribution is 0.0469. The van der Waals surface area contributed by atoms with Crippen LogP contribution in [0.15, 0.2) is 0 Å². The van der Waals surface area contributed by atoms with Crippen LogP contribution in [0.3, 0.4) is 0 Å². The molecule has 0 aliphatic rings. The molecular formula is C12H24FNO3. The fourth-order valence-corrected chi connectivity index (χ4v) is 1.20. The zero-order chi connectivity index (χ0) is 13.7. The second-order valence-corrected chi connectivity index (χ2v) is 5.78. The summed E-state index contributed by atoms with van der Waals surface area (Å²) in [4.78, 5) is 11.4. The van der Waals surface area contributed by atoms with E-state index in [0.717, 1.165) is 0 Å². The topological polar surface area (TPSA) is 58.6 Å². The second-order valence-electron chi connectivity index (χ2n) is 5.78. The van der Waals surface area contributed by atoms with Crippen molar-refractivity contribution in [3.63, 3.8) is 0 Å². The van der Waals surface area contributed by atoms with Gasteiger partial charge in [0.05, 0.1) is 12.6 Å². The lowest BCUT2D eigenvalue weighted by Crippen LogP contribution is -2.41. The van der Waals surface area contributed by atoms with Crippen LogP contribution in [0.25, 0.3) is 0 Å². The van der Waals surface area contributed by atoms with E-state index in [1.54, 1.807) is 20.8 Å².